The predicted molar refractivity (Wildman–Crippen MR) is 118 cm³/mol. The summed E-state index contributed by atoms with van der Waals surface area (Å²) >= 11 is 0. The molecule has 0 atom stereocenters. The maximum absolute atomic E-state index is 12.9. The van der Waals surface area contributed by atoms with Gasteiger partial charge in [0, 0.05) is 20.1 Å². The minimum atomic E-state index is -3.88. The Morgan fingerprint density at radius 2 is 1.62 bits per heavy atom. The maximum Gasteiger partial charge on any atom is 0.249 e. The molecule has 1 aliphatic heterocycles. The van der Waals surface area contributed by atoms with Crippen LogP contribution in [0, 0.1) is 27.7 Å². The van der Waals surface area contributed by atoms with E-state index in [-0.39, 0.29) is 48.4 Å². The average Bonchev–Trinajstić information content (AvgIpc) is 3.17. The van der Waals surface area contributed by atoms with Crippen LogP contribution < -0.4 is 4.72 Å². The van der Waals surface area contributed by atoms with Crippen LogP contribution in [0.15, 0.2) is 22.4 Å². The number of nitrogens with one attached hydrogen (secondary N) is 1. The second kappa shape index (κ2) is 8.91. The van der Waals surface area contributed by atoms with E-state index in [1.165, 1.54) is 15.8 Å². The molecular weight excluding hydrogens is 454 g/mol. The quantitative estimate of drug-likeness (QED) is 0.643. The van der Waals surface area contributed by atoms with Gasteiger partial charge in [-0.05, 0) is 62.8 Å². The Balaban J connectivity index is 1.65. The zero-order valence-electron chi connectivity index (χ0n) is 18.9. The molecule has 32 heavy (non-hydrogen) atoms. The van der Waals surface area contributed by atoms with Gasteiger partial charge in [0.05, 0.1) is 16.7 Å². The molecule has 0 aliphatic carbocycles. The summed E-state index contributed by atoms with van der Waals surface area (Å²) in [6.07, 6.45) is 1.84. The Morgan fingerprint density at radius 3 is 2.12 bits per heavy atom. The topological polar surface area (TPSA) is 131 Å². The Bertz CT molecular complexity index is 1220. The van der Waals surface area contributed by atoms with Gasteiger partial charge in [0.2, 0.25) is 30.9 Å². The van der Waals surface area contributed by atoms with Crippen molar-refractivity contribution in [3.05, 3.63) is 34.6 Å². The Hall–Kier alpha value is -2.31. The smallest absolute Gasteiger partial charge is 0.249 e. The van der Waals surface area contributed by atoms with Gasteiger partial charge in [-0.15, -0.1) is 10.2 Å². The number of sulfonamides is 1. The molecule has 12 heteroatoms. The fourth-order valence-corrected chi connectivity index (χ4v) is 7.34. The van der Waals surface area contributed by atoms with Gasteiger partial charge in [-0.3, -0.25) is 4.79 Å². The van der Waals surface area contributed by atoms with E-state index in [0.717, 1.165) is 11.1 Å². The molecule has 1 amide bonds. The molecule has 1 saturated heterocycles. The first kappa shape index (κ1) is 24.3. The molecule has 3 rings (SSSR count). The number of hydrogen-bond acceptors (Lipinski definition) is 7. The van der Waals surface area contributed by atoms with E-state index in [2.05, 4.69) is 14.9 Å². The van der Waals surface area contributed by atoms with Crippen LogP contribution in [0.1, 0.15) is 35.1 Å². The predicted octanol–water partition coefficient (Wildman–Crippen LogP) is 0.792. The fraction of sp³-hybridized carbons (Fsp3) is 0.550. The molecule has 1 fully saturated rings. The highest BCUT2D eigenvalue weighted by Crippen LogP contribution is 2.26. The highest BCUT2D eigenvalue weighted by molar-refractivity contribution is 7.91. The Labute approximate surface area is 189 Å². The number of aryl methyl sites for hydroxylation is 3. The highest BCUT2D eigenvalue weighted by Gasteiger charge is 2.35. The zero-order valence-corrected chi connectivity index (χ0v) is 20.5. The summed E-state index contributed by atoms with van der Waals surface area (Å²) in [6.45, 7) is 7.28. The van der Waals surface area contributed by atoms with Crippen molar-refractivity contribution in [3.8, 4) is 0 Å². The molecule has 176 valence electrons. The van der Waals surface area contributed by atoms with Gasteiger partial charge >= 0.3 is 0 Å². The van der Waals surface area contributed by atoms with Crippen LogP contribution in [0.4, 0.5) is 0 Å². The summed E-state index contributed by atoms with van der Waals surface area (Å²) < 4.78 is 55.2. The van der Waals surface area contributed by atoms with Crippen LogP contribution in [0.5, 0.6) is 0 Å². The third kappa shape index (κ3) is 4.57. The van der Waals surface area contributed by atoms with Crippen molar-refractivity contribution in [2.24, 2.45) is 7.05 Å². The number of benzene rings is 1. The molecule has 1 aliphatic rings. The third-order valence-electron chi connectivity index (χ3n) is 6.14. The first-order chi connectivity index (χ1) is 14.9. The van der Waals surface area contributed by atoms with Crippen molar-refractivity contribution in [1.82, 2.24) is 24.4 Å². The number of carbonyl (C=O) groups is 1. The molecule has 1 aromatic heterocycles. The van der Waals surface area contributed by atoms with Crippen LogP contribution in [0.3, 0.4) is 0 Å². The molecule has 2 aromatic rings. The van der Waals surface area contributed by atoms with Crippen LogP contribution >= 0.6 is 0 Å². The molecule has 0 spiro atoms. The monoisotopic (exact) mass is 483 g/mol. The summed E-state index contributed by atoms with van der Waals surface area (Å²) in [4.78, 5) is 14.3. The standard InChI is InChI=1S/C20H29N5O5S2/c1-13-10-14(2)16(4)19(15(13)3)32(29,30)22-11-18(26)25-8-6-17(7-9-25)31(27,28)20-23-21-12-24(20)5/h10,12,17,22H,6-9,11H2,1-5H3. The van der Waals surface area contributed by atoms with Crippen molar-refractivity contribution < 1.29 is 21.6 Å². The molecule has 0 radical (unpaired) electrons. The lowest BCUT2D eigenvalue weighted by atomic mass is 10.0. The van der Waals surface area contributed by atoms with Gasteiger partial charge in [0.15, 0.2) is 0 Å². The number of piperidine rings is 1. The van der Waals surface area contributed by atoms with Gasteiger partial charge in [-0.25, -0.2) is 21.6 Å². The van der Waals surface area contributed by atoms with Crippen molar-refractivity contribution in [2.75, 3.05) is 19.6 Å². The Kier molecular flexibility index (Phi) is 6.78. The normalized spacial score (nSPS) is 15.8. The largest absolute Gasteiger partial charge is 0.341 e. The van der Waals surface area contributed by atoms with Gasteiger partial charge < -0.3 is 9.47 Å². The van der Waals surface area contributed by atoms with Crippen molar-refractivity contribution in [3.63, 3.8) is 0 Å². The van der Waals surface area contributed by atoms with E-state index < -0.39 is 25.1 Å². The molecule has 10 nitrogen and oxygen atoms in total. The van der Waals surface area contributed by atoms with E-state index in [1.54, 1.807) is 20.9 Å². The summed E-state index contributed by atoms with van der Waals surface area (Å²) in [5, 5.41) is 6.57. The molecule has 2 heterocycles. The number of hydrogen-bond donors (Lipinski definition) is 1. The van der Waals surface area contributed by atoms with E-state index in [9.17, 15) is 21.6 Å². The number of nitrogens with zero attached hydrogens (tertiary/aromatic N) is 4. The summed E-state index contributed by atoms with van der Waals surface area (Å²) in [5.41, 5.74) is 3.04. The lowest BCUT2D eigenvalue weighted by Crippen LogP contribution is -2.46. The van der Waals surface area contributed by atoms with Gasteiger partial charge in [0.1, 0.15) is 6.33 Å². The summed E-state index contributed by atoms with van der Waals surface area (Å²) in [7, 11) is -5.96. The average molecular weight is 484 g/mol. The molecule has 1 N–H and O–H groups in total. The van der Waals surface area contributed by atoms with Crippen LogP contribution in [0.25, 0.3) is 0 Å². The summed E-state index contributed by atoms with van der Waals surface area (Å²) in [5.74, 6) is -0.386. The number of aromatic nitrogens is 3. The second-order valence-electron chi connectivity index (χ2n) is 8.26. The van der Waals surface area contributed by atoms with Crippen LogP contribution in [0.2, 0.25) is 0 Å². The third-order valence-corrected chi connectivity index (χ3v) is 10.0. The number of sulfone groups is 1. The van der Waals surface area contributed by atoms with E-state index in [0.29, 0.717) is 11.1 Å². The summed E-state index contributed by atoms with van der Waals surface area (Å²) in [6, 6.07) is 1.94. The fourth-order valence-electron chi connectivity index (χ4n) is 4.02. The minimum Gasteiger partial charge on any atom is -0.341 e. The number of amides is 1. The van der Waals surface area contributed by atoms with E-state index in [4.69, 9.17) is 0 Å². The minimum absolute atomic E-state index is 0.0887. The van der Waals surface area contributed by atoms with Gasteiger partial charge in [0.25, 0.3) is 0 Å². The molecule has 1 aromatic carbocycles. The first-order valence-electron chi connectivity index (χ1n) is 10.3. The molecule has 0 unspecified atom stereocenters. The number of rotatable bonds is 6. The van der Waals surface area contributed by atoms with Crippen molar-refractivity contribution >= 4 is 25.8 Å². The highest BCUT2D eigenvalue weighted by atomic mass is 32.2. The lowest BCUT2D eigenvalue weighted by molar-refractivity contribution is -0.130. The SMILES string of the molecule is Cc1cc(C)c(C)c(S(=O)(=O)NCC(=O)N2CCC(S(=O)(=O)c3nncn3C)CC2)c1C. The number of carbonyl (C=O) groups excluding carboxylic acids is 1. The second-order valence-corrected chi connectivity index (χ2v) is 12.1. The molecule has 0 bridgehead atoms. The lowest BCUT2D eigenvalue weighted by Gasteiger charge is -2.31. The molecular formula is C20H29N5O5S2. The van der Waals surface area contributed by atoms with Crippen molar-refractivity contribution in [2.45, 2.75) is 55.8 Å². The zero-order chi connectivity index (χ0) is 23.8. The first-order valence-corrected chi connectivity index (χ1v) is 13.3. The Morgan fingerprint density at radius 1 is 1.06 bits per heavy atom. The molecule has 0 saturated carbocycles. The van der Waals surface area contributed by atoms with Gasteiger partial charge in [-0.2, -0.15) is 0 Å². The number of likely N-dealkylation sites (tertiary alicyclic amines) is 1. The van der Waals surface area contributed by atoms with Crippen LogP contribution in [-0.2, 0) is 31.7 Å². The van der Waals surface area contributed by atoms with E-state index in [1.807, 2.05) is 19.9 Å². The van der Waals surface area contributed by atoms with Gasteiger partial charge in [-0.1, -0.05) is 6.07 Å². The van der Waals surface area contributed by atoms with Crippen molar-refractivity contribution in [1.29, 1.82) is 0 Å². The maximum atomic E-state index is 12.9. The van der Waals surface area contributed by atoms with Crippen LogP contribution in [-0.4, -0.2) is 67.3 Å². The van der Waals surface area contributed by atoms with E-state index >= 15 is 0 Å².